The van der Waals surface area contributed by atoms with Crippen LogP contribution in [0.15, 0.2) is 0 Å². The number of sulfone groups is 1. The molecule has 0 aromatic rings. The monoisotopic (exact) mass is 305 g/mol. The van der Waals surface area contributed by atoms with Crippen LogP contribution in [0, 0.1) is 5.92 Å². The van der Waals surface area contributed by atoms with Crippen molar-refractivity contribution in [3.05, 3.63) is 0 Å². The first kappa shape index (κ1) is 17.4. The number of likely N-dealkylation sites (tertiary alicyclic amines) is 1. The van der Waals surface area contributed by atoms with Gasteiger partial charge in [0.1, 0.15) is 0 Å². The van der Waals surface area contributed by atoms with Gasteiger partial charge in [-0.1, -0.05) is 0 Å². The summed E-state index contributed by atoms with van der Waals surface area (Å²) >= 11 is 0. The fourth-order valence-electron chi connectivity index (χ4n) is 2.21. The van der Waals surface area contributed by atoms with Crippen molar-refractivity contribution in [3.63, 3.8) is 0 Å². The van der Waals surface area contributed by atoms with Crippen molar-refractivity contribution in [3.8, 4) is 0 Å². The van der Waals surface area contributed by atoms with Gasteiger partial charge in [0.2, 0.25) is 0 Å². The van der Waals surface area contributed by atoms with E-state index < -0.39 is 14.6 Å². The first-order valence-corrected chi connectivity index (χ1v) is 8.94. The Bertz CT molecular complexity index is 417. The van der Waals surface area contributed by atoms with Gasteiger partial charge < -0.3 is 9.64 Å². The number of piperidine rings is 1. The third-order valence-corrected chi connectivity index (χ3v) is 6.40. The molecule has 1 saturated heterocycles. The summed E-state index contributed by atoms with van der Waals surface area (Å²) in [4.78, 5) is 13.7. The molecule has 0 N–H and O–H groups in total. The Morgan fingerprint density at radius 3 is 2.25 bits per heavy atom. The second-order valence-electron chi connectivity index (χ2n) is 6.30. The minimum atomic E-state index is -3.07. The van der Waals surface area contributed by atoms with E-state index in [2.05, 4.69) is 4.90 Å². The van der Waals surface area contributed by atoms with E-state index in [1.54, 1.807) is 20.8 Å². The number of carbonyl (C=O) groups is 1. The maximum absolute atomic E-state index is 12.1. The molecule has 0 unspecified atom stereocenters. The first-order chi connectivity index (χ1) is 9.17. The first-order valence-electron chi connectivity index (χ1n) is 7.28. The Morgan fingerprint density at radius 1 is 1.25 bits per heavy atom. The van der Waals surface area contributed by atoms with Crippen LogP contribution in [0.1, 0.15) is 40.5 Å². The van der Waals surface area contributed by atoms with Crippen molar-refractivity contribution in [2.45, 2.75) is 45.3 Å². The zero-order valence-electron chi connectivity index (χ0n) is 13.0. The van der Waals surface area contributed by atoms with Crippen molar-refractivity contribution in [1.82, 2.24) is 4.90 Å². The molecule has 0 aromatic heterocycles. The zero-order valence-corrected chi connectivity index (χ0v) is 13.8. The summed E-state index contributed by atoms with van der Waals surface area (Å²) in [6.07, 6.45) is 1.52. The van der Waals surface area contributed by atoms with E-state index in [4.69, 9.17) is 4.74 Å². The molecule has 20 heavy (non-hydrogen) atoms. The number of hydrogen-bond donors (Lipinski definition) is 0. The molecule has 0 aromatic carbocycles. The summed E-state index contributed by atoms with van der Waals surface area (Å²) in [6, 6.07) is 0. The summed E-state index contributed by atoms with van der Waals surface area (Å²) in [5.41, 5.74) is 0. The van der Waals surface area contributed by atoms with Gasteiger partial charge in [0.15, 0.2) is 9.84 Å². The fourth-order valence-corrected chi connectivity index (χ4v) is 3.32. The van der Waals surface area contributed by atoms with Gasteiger partial charge in [0.05, 0.1) is 23.0 Å². The minimum absolute atomic E-state index is 0.0228. The molecule has 1 aliphatic heterocycles. The van der Waals surface area contributed by atoms with Crippen molar-refractivity contribution in [2.75, 3.05) is 32.0 Å². The van der Waals surface area contributed by atoms with E-state index in [1.165, 1.54) is 0 Å². The molecule has 1 fully saturated rings. The van der Waals surface area contributed by atoms with Gasteiger partial charge in [0, 0.05) is 6.54 Å². The highest BCUT2D eigenvalue weighted by Crippen LogP contribution is 2.20. The SMILES string of the molecule is CCOC(=O)C1CCN(CCS(=O)(=O)C(C)(C)C)CC1. The average molecular weight is 305 g/mol. The molecule has 0 atom stereocenters. The van der Waals surface area contributed by atoms with E-state index in [0.29, 0.717) is 13.2 Å². The lowest BCUT2D eigenvalue weighted by Gasteiger charge is -2.31. The van der Waals surface area contributed by atoms with E-state index in [1.807, 2.05) is 6.92 Å². The summed E-state index contributed by atoms with van der Waals surface area (Å²) < 4.78 is 28.4. The maximum Gasteiger partial charge on any atom is 0.309 e. The summed E-state index contributed by atoms with van der Waals surface area (Å²) in [5, 5.41) is 0. The largest absolute Gasteiger partial charge is 0.466 e. The van der Waals surface area contributed by atoms with E-state index in [0.717, 1.165) is 25.9 Å². The van der Waals surface area contributed by atoms with Gasteiger partial charge in [-0.25, -0.2) is 8.42 Å². The molecule has 118 valence electrons. The molecule has 0 radical (unpaired) electrons. The Morgan fingerprint density at radius 2 is 1.80 bits per heavy atom. The van der Waals surface area contributed by atoms with Crippen molar-refractivity contribution in [1.29, 1.82) is 0 Å². The summed E-state index contributed by atoms with van der Waals surface area (Å²) in [7, 11) is -3.07. The molecule has 1 heterocycles. The van der Waals surface area contributed by atoms with Crippen LogP contribution in [0.5, 0.6) is 0 Å². The van der Waals surface area contributed by atoms with Gasteiger partial charge >= 0.3 is 5.97 Å². The smallest absolute Gasteiger partial charge is 0.309 e. The average Bonchev–Trinajstić information content (AvgIpc) is 2.36. The third kappa shape index (κ3) is 4.74. The van der Waals surface area contributed by atoms with Gasteiger partial charge in [-0.05, 0) is 53.6 Å². The lowest BCUT2D eigenvalue weighted by molar-refractivity contribution is -0.149. The van der Waals surface area contributed by atoms with E-state index >= 15 is 0 Å². The fraction of sp³-hybridized carbons (Fsp3) is 0.929. The van der Waals surface area contributed by atoms with Gasteiger partial charge in [0.25, 0.3) is 0 Å². The molecular formula is C14H27NO4S. The number of rotatable bonds is 5. The van der Waals surface area contributed by atoms with Crippen LogP contribution in [-0.2, 0) is 19.4 Å². The number of nitrogens with zero attached hydrogens (tertiary/aromatic N) is 1. The van der Waals surface area contributed by atoms with E-state index in [-0.39, 0.29) is 17.6 Å². The topological polar surface area (TPSA) is 63.7 Å². The highest BCUT2D eigenvalue weighted by atomic mass is 32.2. The molecule has 0 spiro atoms. The molecule has 5 nitrogen and oxygen atoms in total. The molecule has 1 rings (SSSR count). The van der Waals surface area contributed by atoms with Crippen molar-refractivity contribution in [2.24, 2.45) is 5.92 Å². The van der Waals surface area contributed by atoms with Crippen LogP contribution < -0.4 is 0 Å². The van der Waals surface area contributed by atoms with Gasteiger partial charge in [-0.2, -0.15) is 0 Å². The quantitative estimate of drug-likeness (QED) is 0.720. The Kier molecular flexibility index (Phi) is 6.01. The van der Waals surface area contributed by atoms with Crippen LogP contribution in [0.25, 0.3) is 0 Å². The Labute approximate surface area is 122 Å². The number of hydrogen-bond acceptors (Lipinski definition) is 5. The lowest BCUT2D eigenvalue weighted by Crippen LogP contribution is -2.41. The molecular weight excluding hydrogens is 278 g/mol. The molecule has 6 heteroatoms. The third-order valence-electron chi connectivity index (χ3n) is 3.82. The zero-order chi connectivity index (χ0) is 15.4. The highest BCUT2D eigenvalue weighted by Gasteiger charge is 2.31. The van der Waals surface area contributed by atoms with Crippen molar-refractivity contribution >= 4 is 15.8 Å². The lowest BCUT2D eigenvalue weighted by atomic mass is 9.97. The number of carbonyl (C=O) groups excluding carboxylic acids is 1. The second kappa shape index (κ2) is 6.89. The predicted octanol–water partition coefficient (Wildman–Crippen LogP) is 1.47. The Balaban J connectivity index is 2.39. The summed E-state index contributed by atoms with van der Waals surface area (Å²) in [6.45, 7) is 9.51. The Hall–Kier alpha value is -0.620. The molecule has 0 amide bonds. The van der Waals surface area contributed by atoms with Gasteiger partial charge in [-0.3, -0.25) is 4.79 Å². The van der Waals surface area contributed by atoms with Crippen LogP contribution in [0.2, 0.25) is 0 Å². The molecule has 1 aliphatic rings. The predicted molar refractivity (Wildman–Crippen MR) is 79.3 cm³/mol. The summed E-state index contributed by atoms with van der Waals surface area (Å²) in [5.74, 6) is 0.0421. The second-order valence-corrected chi connectivity index (χ2v) is 9.16. The minimum Gasteiger partial charge on any atom is -0.466 e. The molecule has 0 saturated carbocycles. The standard InChI is InChI=1S/C14H27NO4S/c1-5-19-13(16)12-6-8-15(9-7-12)10-11-20(17,18)14(2,3)4/h12H,5-11H2,1-4H3. The highest BCUT2D eigenvalue weighted by molar-refractivity contribution is 7.92. The maximum atomic E-state index is 12.1. The van der Waals surface area contributed by atoms with Crippen LogP contribution in [-0.4, -0.2) is 56.0 Å². The van der Waals surface area contributed by atoms with Crippen LogP contribution in [0.3, 0.4) is 0 Å². The van der Waals surface area contributed by atoms with Crippen molar-refractivity contribution < 1.29 is 17.9 Å². The molecule has 0 bridgehead atoms. The van der Waals surface area contributed by atoms with Gasteiger partial charge in [-0.15, -0.1) is 0 Å². The number of esters is 1. The molecule has 0 aliphatic carbocycles. The number of ether oxygens (including phenoxy) is 1. The van der Waals surface area contributed by atoms with E-state index in [9.17, 15) is 13.2 Å². The van der Waals surface area contributed by atoms with Crippen LogP contribution in [0.4, 0.5) is 0 Å². The normalized spacial score (nSPS) is 19.0. The van der Waals surface area contributed by atoms with Crippen LogP contribution >= 0.6 is 0 Å².